The van der Waals surface area contributed by atoms with Crippen molar-refractivity contribution in [3.05, 3.63) is 41.7 Å². The van der Waals surface area contributed by atoms with Crippen LogP contribution in [0.5, 0.6) is 5.75 Å². The highest BCUT2D eigenvalue weighted by Gasteiger charge is 2.53. The Morgan fingerprint density at radius 2 is 1.55 bits per heavy atom. The molecule has 0 radical (unpaired) electrons. The fourth-order valence-corrected chi connectivity index (χ4v) is 3.78. The number of benzene rings is 1. The Hall–Kier alpha value is -4.33. The summed E-state index contributed by atoms with van der Waals surface area (Å²) in [7, 11) is 0. The highest BCUT2D eigenvalue weighted by molar-refractivity contribution is 5.79. The van der Waals surface area contributed by atoms with Crippen LogP contribution in [0.15, 0.2) is 30.5 Å². The van der Waals surface area contributed by atoms with Gasteiger partial charge in [-0.05, 0) is 12.1 Å². The van der Waals surface area contributed by atoms with Gasteiger partial charge in [0.25, 0.3) is 0 Å². The van der Waals surface area contributed by atoms with Gasteiger partial charge >= 0.3 is 23.9 Å². The zero-order valence-corrected chi connectivity index (χ0v) is 21.1. The van der Waals surface area contributed by atoms with Crippen LogP contribution in [0.1, 0.15) is 50.0 Å². The molecule has 204 valence electrons. The van der Waals surface area contributed by atoms with Crippen LogP contribution >= 0.6 is 0 Å². The molecule has 1 aliphatic heterocycles. The Labute approximate surface area is 217 Å². The van der Waals surface area contributed by atoms with Crippen molar-refractivity contribution in [2.75, 3.05) is 6.61 Å². The van der Waals surface area contributed by atoms with E-state index in [1.807, 2.05) is 0 Å². The van der Waals surface area contributed by atoms with Gasteiger partial charge in [0.05, 0.1) is 11.8 Å². The van der Waals surface area contributed by atoms with Crippen molar-refractivity contribution in [3.63, 3.8) is 0 Å². The third kappa shape index (κ3) is 7.35. The molecular weight excluding hydrogens is 506 g/mol. The maximum Gasteiger partial charge on any atom is 0.303 e. The molecule has 14 nitrogen and oxygen atoms in total. The average molecular weight is 533 g/mol. The zero-order chi connectivity index (χ0) is 27.8. The van der Waals surface area contributed by atoms with Crippen LogP contribution in [0.3, 0.4) is 0 Å². The van der Waals surface area contributed by atoms with Crippen LogP contribution in [0.25, 0.3) is 0 Å². The first-order valence-electron chi connectivity index (χ1n) is 11.5. The second-order valence-corrected chi connectivity index (χ2v) is 8.22. The van der Waals surface area contributed by atoms with Crippen molar-refractivity contribution in [1.82, 2.24) is 15.0 Å². The molecule has 0 bridgehead atoms. The molecule has 0 spiro atoms. The van der Waals surface area contributed by atoms with E-state index in [9.17, 15) is 24.0 Å². The number of hydrogen-bond donors (Lipinski definition) is 0. The molecule has 5 atom stereocenters. The lowest BCUT2D eigenvalue weighted by atomic mass is 9.97. The summed E-state index contributed by atoms with van der Waals surface area (Å²) in [6.07, 6.45) is -4.24. The van der Waals surface area contributed by atoms with E-state index in [0.29, 0.717) is 23.3 Å². The molecular formula is C24H27N3O11. The van der Waals surface area contributed by atoms with Crippen LogP contribution in [0.2, 0.25) is 0 Å². The number of ether oxygens (including phenoxy) is 6. The smallest absolute Gasteiger partial charge is 0.303 e. The van der Waals surface area contributed by atoms with Gasteiger partial charge in [0.15, 0.2) is 30.8 Å². The summed E-state index contributed by atoms with van der Waals surface area (Å²) in [6.45, 7) is 4.13. The second-order valence-electron chi connectivity index (χ2n) is 8.22. The van der Waals surface area contributed by atoms with Gasteiger partial charge in [-0.15, -0.1) is 5.10 Å². The Bertz CT molecular complexity index is 1180. The van der Waals surface area contributed by atoms with Crippen molar-refractivity contribution in [1.29, 1.82) is 0 Å². The van der Waals surface area contributed by atoms with E-state index < -0.39 is 54.5 Å². The number of hydrogen-bond acceptors (Lipinski definition) is 13. The first-order chi connectivity index (χ1) is 18.1. The molecule has 1 aliphatic rings. The third-order valence-corrected chi connectivity index (χ3v) is 5.21. The Morgan fingerprint density at radius 3 is 2.18 bits per heavy atom. The first kappa shape index (κ1) is 28.2. The minimum Gasteiger partial charge on any atom is -0.486 e. The highest BCUT2D eigenvalue weighted by Crippen LogP contribution is 2.34. The van der Waals surface area contributed by atoms with E-state index in [4.69, 9.17) is 28.4 Å². The average Bonchev–Trinajstić information content (AvgIpc) is 3.32. The van der Waals surface area contributed by atoms with E-state index in [1.54, 1.807) is 24.3 Å². The molecule has 0 aliphatic carbocycles. The summed E-state index contributed by atoms with van der Waals surface area (Å²) in [5, 5.41) is 8.06. The number of esters is 4. The first-order valence-corrected chi connectivity index (χ1v) is 11.5. The summed E-state index contributed by atoms with van der Waals surface area (Å²) in [5.41, 5.74) is 0.665. The minimum absolute atomic E-state index is 0.0733. The van der Waals surface area contributed by atoms with Gasteiger partial charge in [-0.25, -0.2) is 4.68 Å². The van der Waals surface area contributed by atoms with Gasteiger partial charge in [-0.2, -0.15) is 0 Å². The summed E-state index contributed by atoms with van der Waals surface area (Å²) in [5.74, 6) is -2.52. The van der Waals surface area contributed by atoms with Crippen LogP contribution in [0, 0.1) is 0 Å². The van der Waals surface area contributed by atoms with Gasteiger partial charge in [-0.3, -0.25) is 24.0 Å². The summed E-state index contributed by atoms with van der Waals surface area (Å²) < 4.78 is 34.1. The van der Waals surface area contributed by atoms with Gasteiger partial charge in [0, 0.05) is 27.7 Å². The largest absolute Gasteiger partial charge is 0.486 e. The summed E-state index contributed by atoms with van der Waals surface area (Å²) in [4.78, 5) is 58.5. The zero-order valence-electron chi connectivity index (χ0n) is 21.1. The topological polar surface area (TPSA) is 171 Å². The van der Waals surface area contributed by atoms with Crippen LogP contribution in [-0.2, 0) is 49.5 Å². The normalized spacial score (nSPS) is 22.6. The van der Waals surface area contributed by atoms with Gasteiger partial charge < -0.3 is 28.4 Å². The Kier molecular flexibility index (Phi) is 9.49. The quantitative estimate of drug-likeness (QED) is 0.240. The molecule has 2 heterocycles. The monoisotopic (exact) mass is 533 g/mol. The molecule has 1 aromatic carbocycles. The number of carbonyl (C=O) groups is 5. The molecule has 2 aromatic rings. The maximum absolute atomic E-state index is 12.0. The number of carbonyl (C=O) groups excluding carboxylic acids is 5. The number of nitrogens with zero attached hydrogens (tertiary/aromatic N) is 3. The lowest BCUT2D eigenvalue weighted by Crippen LogP contribution is -2.60. The molecule has 38 heavy (non-hydrogen) atoms. The Morgan fingerprint density at radius 1 is 0.921 bits per heavy atom. The van der Waals surface area contributed by atoms with Crippen LogP contribution in [0.4, 0.5) is 0 Å². The molecule has 1 aromatic heterocycles. The van der Waals surface area contributed by atoms with Crippen molar-refractivity contribution in [2.24, 2.45) is 0 Å². The Balaban J connectivity index is 1.93. The number of aromatic nitrogens is 3. The lowest BCUT2D eigenvalue weighted by molar-refractivity contribution is -0.270. The predicted molar refractivity (Wildman–Crippen MR) is 123 cm³/mol. The number of aldehydes is 1. The van der Waals surface area contributed by atoms with Crippen LogP contribution in [-0.4, -0.2) is 76.2 Å². The number of rotatable bonds is 10. The molecule has 3 rings (SSSR count). The fraction of sp³-hybridized carbons (Fsp3) is 0.458. The predicted octanol–water partition coefficient (Wildman–Crippen LogP) is 0.925. The van der Waals surface area contributed by atoms with E-state index >= 15 is 0 Å². The lowest BCUT2D eigenvalue weighted by Gasteiger charge is -2.44. The molecule has 1 fully saturated rings. The molecule has 0 amide bonds. The summed E-state index contributed by atoms with van der Waals surface area (Å²) in [6, 6.07) is 6.61. The number of para-hydroxylation sites is 1. The molecule has 14 heteroatoms. The van der Waals surface area contributed by atoms with Crippen molar-refractivity contribution in [3.8, 4) is 5.75 Å². The van der Waals surface area contributed by atoms with Gasteiger partial charge in [0.1, 0.15) is 30.8 Å². The molecule has 0 N–H and O–H groups in total. The SMILES string of the molecule is CC(=O)OC[C@H]1O[C@@H](n2cc(COc3ccccc3C=O)nn2)[C@H](OC(C)=O)[C@@H](OC(C)=O)[C@@H]1OC(C)=O. The summed E-state index contributed by atoms with van der Waals surface area (Å²) >= 11 is 0. The van der Waals surface area contributed by atoms with E-state index in [-0.39, 0.29) is 13.2 Å². The third-order valence-electron chi connectivity index (χ3n) is 5.21. The molecule has 0 unspecified atom stereocenters. The van der Waals surface area contributed by atoms with Gasteiger partial charge in [0.2, 0.25) is 0 Å². The van der Waals surface area contributed by atoms with Crippen molar-refractivity contribution < 1.29 is 52.4 Å². The molecule has 1 saturated heterocycles. The van der Waals surface area contributed by atoms with E-state index in [2.05, 4.69) is 10.3 Å². The standard InChI is InChI=1S/C24H27N3O11/c1-13(29)33-12-20-21(35-14(2)30)22(36-15(3)31)23(37-16(4)32)24(38-20)27-9-18(25-26-27)11-34-19-8-6-5-7-17(19)10-28/h5-10,20-24H,11-12H2,1-4H3/t20-,21-,22+,23-,24-/m1/s1. The second kappa shape index (κ2) is 12.8. The highest BCUT2D eigenvalue weighted by atomic mass is 16.7. The maximum atomic E-state index is 12.0. The van der Waals surface area contributed by atoms with Crippen molar-refractivity contribution in [2.45, 2.75) is 64.9 Å². The van der Waals surface area contributed by atoms with E-state index in [0.717, 1.165) is 20.8 Å². The van der Waals surface area contributed by atoms with Crippen LogP contribution < -0.4 is 4.74 Å². The fourth-order valence-electron chi connectivity index (χ4n) is 3.78. The van der Waals surface area contributed by atoms with Gasteiger partial charge in [-0.1, -0.05) is 17.3 Å². The minimum atomic E-state index is -1.34. The van der Waals surface area contributed by atoms with Crippen molar-refractivity contribution >= 4 is 30.2 Å². The molecule has 0 saturated carbocycles. The van der Waals surface area contributed by atoms with E-state index in [1.165, 1.54) is 17.8 Å².